The van der Waals surface area contributed by atoms with E-state index >= 15 is 0 Å². The first-order chi connectivity index (χ1) is 9.67. The fourth-order valence-electron chi connectivity index (χ4n) is 1.64. The number of carbonyl (C=O) groups excluding carboxylic acids is 1. The van der Waals surface area contributed by atoms with Gasteiger partial charge in [-0.15, -0.1) is 0 Å². The van der Waals surface area contributed by atoms with E-state index in [-0.39, 0.29) is 5.97 Å². The van der Waals surface area contributed by atoms with Crippen molar-refractivity contribution < 1.29 is 9.53 Å². The molecule has 0 aromatic heterocycles. The molecule has 4 nitrogen and oxygen atoms in total. The summed E-state index contributed by atoms with van der Waals surface area (Å²) in [4.78, 5) is 11.0. The smallest absolute Gasteiger partial charge is 0.330 e. The first kappa shape index (κ1) is 13.7. The van der Waals surface area contributed by atoms with E-state index in [0.29, 0.717) is 0 Å². The number of hydrogen-bond donors (Lipinski definition) is 2. The van der Waals surface area contributed by atoms with Crippen LogP contribution < -0.4 is 11.1 Å². The van der Waals surface area contributed by atoms with Crippen LogP contribution in [0, 0.1) is 0 Å². The number of ether oxygens (including phenoxy) is 1. The zero-order valence-electron chi connectivity index (χ0n) is 11.2. The van der Waals surface area contributed by atoms with Gasteiger partial charge in [0.2, 0.25) is 0 Å². The summed E-state index contributed by atoms with van der Waals surface area (Å²) in [6.45, 7) is 0. The lowest BCUT2D eigenvalue weighted by molar-refractivity contribution is -0.134. The van der Waals surface area contributed by atoms with E-state index in [2.05, 4.69) is 10.1 Å². The molecule has 0 unspecified atom stereocenters. The third-order valence-electron chi connectivity index (χ3n) is 2.72. The van der Waals surface area contributed by atoms with Crippen molar-refractivity contribution in [3.8, 4) is 0 Å². The van der Waals surface area contributed by atoms with Crippen molar-refractivity contribution in [3.63, 3.8) is 0 Å². The van der Waals surface area contributed by atoms with Gasteiger partial charge in [0.05, 0.1) is 7.11 Å². The molecule has 0 spiro atoms. The van der Waals surface area contributed by atoms with E-state index in [4.69, 9.17) is 5.73 Å². The lowest BCUT2D eigenvalue weighted by Gasteiger charge is -2.06. The standard InChI is InChI=1S/C16H16N2O2/c1-20-16(19)11-4-12-2-7-14(8-3-12)18-15-9-5-13(17)6-10-15/h2-11,18H,17H2,1H3. The summed E-state index contributed by atoms with van der Waals surface area (Å²) in [5.74, 6) is -0.367. The molecule has 0 aliphatic rings. The quantitative estimate of drug-likeness (QED) is 0.508. The van der Waals surface area contributed by atoms with Crippen molar-refractivity contribution >= 4 is 29.1 Å². The highest BCUT2D eigenvalue weighted by molar-refractivity contribution is 5.87. The third kappa shape index (κ3) is 3.88. The Kier molecular flexibility index (Phi) is 4.39. The number of nitrogens with two attached hydrogens (primary N) is 1. The zero-order valence-corrected chi connectivity index (χ0v) is 11.2. The number of benzene rings is 2. The second-order valence-electron chi connectivity index (χ2n) is 4.23. The normalized spacial score (nSPS) is 10.4. The van der Waals surface area contributed by atoms with Crippen LogP contribution in [-0.4, -0.2) is 13.1 Å². The number of methoxy groups -OCH3 is 1. The summed E-state index contributed by atoms with van der Waals surface area (Å²) in [6.07, 6.45) is 3.10. The van der Waals surface area contributed by atoms with E-state index in [9.17, 15) is 4.79 Å². The molecule has 0 heterocycles. The Balaban J connectivity index is 2.03. The van der Waals surface area contributed by atoms with Gasteiger partial charge in [0.25, 0.3) is 0 Å². The molecule has 2 aromatic carbocycles. The summed E-state index contributed by atoms with van der Waals surface area (Å²) < 4.78 is 4.54. The molecular weight excluding hydrogens is 252 g/mol. The highest BCUT2D eigenvalue weighted by Crippen LogP contribution is 2.18. The number of hydrogen-bond acceptors (Lipinski definition) is 4. The molecule has 0 amide bonds. The Morgan fingerprint density at radius 2 is 1.60 bits per heavy atom. The monoisotopic (exact) mass is 268 g/mol. The van der Waals surface area contributed by atoms with Crippen molar-refractivity contribution in [2.24, 2.45) is 0 Å². The average molecular weight is 268 g/mol. The summed E-state index contributed by atoms with van der Waals surface area (Å²) in [5.41, 5.74) is 9.23. The van der Waals surface area contributed by atoms with Gasteiger partial charge in [-0.25, -0.2) is 4.79 Å². The van der Waals surface area contributed by atoms with Gasteiger partial charge in [0.15, 0.2) is 0 Å². The molecule has 4 heteroatoms. The molecule has 3 N–H and O–H groups in total. The van der Waals surface area contributed by atoms with Crippen LogP contribution in [0.1, 0.15) is 5.56 Å². The Bertz CT molecular complexity index is 601. The topological polar surface area (TPSA) is 64.3 Å². The van der Waals surface area contributed by atoms with E-state index in [0.717, 1.165) is 22.6 Å². The number of rotatable bonds is 4. The first-order valence-electron chi connectivity index (χ1n) is 6.16. The van der Waals surface area contributed by atoms with Crippen LogP contribution in [0.25, 0.3) is 6.08 Å². The molecule has 0 bridgehead atoms. The molecule has 0 saturated heterocycles. The van der Waals surface area contributed by atoms with Gasteiger partial charge in [0, 0.05) is 23.1 Å². The summed E-state index contributed by atoms with van der Waals surface area (Å²) in [7, 11) is 1.35. The Morgan fingerprint density at radius 3 is 2.15 bits per heavy atom. The minimum absolute atomic E-state index is 0.367. The van der Waals surface area contributed by atoms with Crippen LogP contribution >= 0.6 is 0 Å². The fourth-order valence-corrected chi connectivity index (χ4v) is 1.64. The van der Waals surface area contributed by atoms with Crippen LogP contribution in [0.3, 0.4) is 0 Å². The summed E-state index contributed by atoms with van der Waals surface area (Å²) in [6, 6.07) is 15.2. The molecule has 2 rings (SSSR count). The van der Waals surface area contributed by atoms with E-state index in [1.165, 1.54) is 13.2 Å². The van der Waals surface area contributed by atoms with Gasteiger partial charge in [-0.3, -0.25) is 0 Å². The molecule has 20 heavy (non-hydrogen) atoms. The summed E-state index contributed by atoms with van der Waals surface area (Å²) >= 11 is 0. The predicted molar refractivity (Wildman–Crippen MR) is 81.6 cm³/mol. The van der Waals surface area contributed by atoms with Crippen LogP contribution in [0.5, 0.6) is 0 Å². The first-order valence-corrected chi connectivity index (χ1v) is 6.16. The Labute approximate surface area is 117 Å². The van der Waals surface area contributed by atoms with Crippen molar-refractivity contribution in [1.29, 1.82) is 0 Å². The molecule has 0 atom stereocenters. The highest BCUT2D eigenvalue weighted by Gasteiger charge is 1.96. The van der Waals surface area contributed by atoms with E-state index in [1.54, 1.807) is 6.08 Å². The molecule has 0 aliphatic heterocycles. The largest absolute Gasteiger partial charge is 0.466 e. The molecule has 0 fully saturated rings. The number of anilines is 3. The number of nitrogens with one attached hydrogen (secondary N) is 1. The third-order valence-corrected chi connectivity index (χ3v) is 2.72. The molecule has 0 radical (unpaired) electrons. The van der Waals surface area contributed by atoms with Gasteiger partial charge >= 0.3 is 5.97 Å². The molecule has 102 valence electrons. The average Bonchev–Trinajstić information content (AvgIpc) is 2.48. The number of nitrogen functional groups attached to an aromatic ring is 1. The second-order valence-corrected chi connectivity index (χ2v) is 4.23. The van der Waals surface area contributed by atoms with Crippen LogP contribution in [0.4, 0.5) is 17.1 Å². The molecule has 0 saturated carbocycles. The van der Waals surface area contributed by atoms with Gasteiger partial charge in [-0.05, 0) is 48.0 Å². The maximum absolute atomic E-state index is 11.0. The minimum atomic E-state index is -0.367. The second kappa shape index (κ2) is 6.43. The van der Waals surface area contributed by atoms with Gasteiger partial charge in [-0.1, -0.05) is 12.1 Å². The summed E-state index contributed by atoms with van der Waals surface area (Å²) in [5, 5.41) is 3.26. The van der Waals surface area contributed by atoms with Gasteiger partial charge < -0.3 is 15.8 Å². The number of carbonyl (C=O) groups is 1. The van der Waals surface area contributed by atoms with Crippen molar-refractivity contribution in [3.05, 3.63) is 60.2 Å². The van der Waals surface area contributed by atoms with Crippen LogP contribution in [0.15, 0.2) is 54.6 Å². The van der Waals surface area contributed by atoms with Gasteiger partial charge in [0.1, 0.15) is 0 Å². The van der Waals surface area contributed by atoms with Crippen LogP contribution in [0.2, 0.25) is 0 Å². The minimum Gasteiger partial charge on any atom is -0.466 e. The zero-order chi connectivity index (χ0) is 14.4. The van der Waals surface area contributed by atoms with Crippen molar-refractivity contribution in [2.45, 2.75) is 0 Å². The highest BCUT2D eigenvalue weighted by atomic mass is 16.5. The predicted octanol–water partition coefficient (Wildman–Crippen LogP) is 3.20. The molecule has 2 aromatic rings. The van der Waals surface area contributed by atoms with Crippen molar-refractivity contribution in [1.82, 2.24) is 0 Å². The molecular formula is C16H16N2O2. The van der Waals surface area contributed by atoms with Crippen LogP contribution in [-0.2, 0) is 9.53 Å². The fraction of sp³-hybridized carbons (Fsp3) is 0.0625. The lowest BCUT2D eigenvalue weighted by Crippen LogP contribution is -1.93. The van der Waals surface area contributed by atoms with Gasteiger partial charge in [-0.2, -0.15) is 0 Å². The van der Waals surface area contributed by atoms with E-state index < -0.39 is 0 Å². The Morgan fingerprint density at radius 1 is 1.05 bits per heavy atom. The Hall–Kier alpha value is -2.75. The van der Waals surface area contributed by atoms with Crippen molar-refractivity contribution in [2.75, 3.05) is 18.2 Å². The maximum Gasteiger partial charge on any atom is 0.330 e. The SMILES string of the molecule is COC(=O)C=Cc1ccc(Nc2ccc(N)cc2)cc1. The van der Waals surface area contributed by atoms with E-state index in [1.807, 2.05) is 48.5 Å². The molecule has 0 aliphatic carbocycles. The maximum atomic E-state index is 11.0. The number of esters is 1. The lowest BCUT2D eigenvalue weighted by atomic mass is 10.2.